The lowest BCUT2D eigenvalue weighted by atomic mass is 9.86. The topological polar surface area (TPSA) is 66.8 Å². The number of unbranched alkanes of at least 4 members (excludes halogenated alkanes) is 1. The van der Waals surface area contributed by atoms with Gasteiger partial charge in [0, 0.05) is 22.5 Å². The van der Waals surface area contributed by atoms with E-state index in [1.807, 2.05) is 0 Å². The molecule has 0 rings (SSSR count). The summed E-state index contributed by atoms with van der Waals surface area (Å²) in [6, 6.07) is 0. The number of halogens is 4. The molecule has 0 amide bonds. The highest BCUT2D eigenvalue weighted by Gasteiger charge is 2.40. The van der Waals surface area contributed by atoms with Gasteiger partial charge in [0.05, 0.1) is 5.60 Å². The van der Waals surface area contributed by atoms with Crippen molar-refractivity contribution >= 4 is 54.2 Å². The number of rotatable bonds is 13. The predicted molar refractivity (Wildman–Crippen MR) is 99.1 cm³/mol. The maximum atomic E-state index is 11.4. The van der Waals surface area contributed by atoms with Crippen molar-refractivity contribution in [3.05, 3.63) is 0 Å². The molecule has 0 aliphatic rings. The molecule has 4 nitrogen and oxygen atoms in total. The monoisotopic (exact) mass is 430 g/mol. The fourth-order valence-electron chi connectivity index (χ4n) is 2.58. The zero-order valence-corrected chi connectivity index (χ0v) is 17.5. The predicted octanol–water partition coefficient (Wildman–Crippen LogP) is 5.52. The Bertz CT molecular complexity index is 353. The van der Waals surface area contributed by atoms with Crippen LogP contribution in [0.15, 0.2) is 0 Å². The molecule has 9 heteroatoms. The van der Waals surface area contributed by atoms with Crippen molar-refractivity contribution in [3.63, 3.8) is 0 Å². The molecule has 0 aliphatic heterocycles. The third-order valence-electron chi connectivity index (χ3n) is 3.50. The maximum absolute atomic E-state index is 11.4. The van der Waals surface area contributed by atoms with E-state index in [0.29, 0.717) is 12.3 Å². The van der Waals surface area contributed by atoms with Gasteiger partial charge in [-0.1, -0.05) is 33.1 Å². The quantitative estimate of drug-likeness (QED) is 0.229. The summed E-state index contributed by atoms with van der Waals surface area (Å²) in [7, 11) is -4.69. The molecule has 0 aliphatic carbocycles. The first-order valence-corrected chi connectivity index (χ1v) is 11.2. The van der Waals surface area contributed by atoms with E-state index >= 15 is 0 Å². The van der Waals surface area contributed by atoms with Gasteiger partial charge in [0.1, 0.15) is 0 Å². The van der Waals surface area contributed by atoms with Gasteiger partial charge in [0.2, 0.25) is 0 Å². The van der Waals surface area contributed by atoms with Crippen LogP contribution in [0.4, 0.5) is 0 Å². The fraction of sp³-hybridized carbons (Fsp3) is 1.00. The second-order valence-electron chi connectivity index (χ2n) is 6.32. The Morgan fingerprint density at radius 2 is 1.52 bits per heavy atom. The summed E-state index contributed by atoms with van der Waals surface area (Å²) in [5.74, 6) is 0.890. The largest absolute Gasteiger partial charge is 0.470 e. The molecule has 0 saturated carbocycles. The van der Waals surface area contributed by atoms with Crippen LogP contribution in [0, 0.1) is 5.92 Å². The van der Waals surface area contributed by atoms with Gasteiger partial charge in [-0.2, -0.15) is 0 Å². The van der Waals surface area contributed by atoms with E-state index < -0.39 is 24.2 Å². The summed E-state index contributed by atoms with van der Waals surface area (Å²) in [6.07, 6.45) is 3.61. The average molecular weight is 432 g/mol. The van der Waals surface area contributed by atoms with Crippen LogP contribution in [0.3, 0.4) is 0 Å². The van der Waals surface area contributed by atoms with Gasteiger partial charge in [-0.3, -0.25) is 4.52 Å². The Kier molecular flexibility index (Phi) is 12.5. The molecule has 0 heterocycles. The summed E-state index contributed by atoms with van der Waals surface area (Å²) in [5, 5.41) is -0.931. The molecule has 2 unspecified atom stereocenters. The number of alkyl halides is 4. The smallest absolute Gasteiger partial charge is 0.303 e. The van der Waals surface area contributed by atoms with Crippen molar-refractivity contribution in [2.24, 2.45) is 5.92 Å². The minimum absolute atomic E-state index is 0.160. The fourth-order valence-corrected chi connectivity index (χ4v) is 4.10. The van der Waals surface area contributed by atoms with E-state index in [4.69, 9.17) is 50.9 Å². The third kappa shape index (κ3) is 12.3. The summed E-state index contributed by atoms with van der Waals surface area (Å²) in [5.41, 5.74) is -1.13. The molecule has 0 saturated heterocycles. The molecule has 0 radical (unpaired) electrons. The summed E-state index contributed by atoms with van der Waals surface area (Å²) >= 11 is 23.8. The van der Waals surface area contributed by atoms with Crippen LogP contribution in [0.1, 0.15) is 52.4 Å². The maximum Gasteiger partial charge on any atom is 0.470 e. The molecule has 0 aromatic carbocycles. The van der Waals surface area contributed by atoms with Crippen LogP contribution < -0.4 is 0 Å². The summed E-state index contributed by atoms with van der Waals surface area (Å²) in [6.45, 7) is 4.26. The third-order valence-corrected chi connectivity index (χ3v) is 5.80. The van der Waals surface area contributed by atoms with E-state index in [2.05, 4.69) is 13.8 Å². The molecule has 0 aromatic heterocycles. The van der Waals surface area contributed by atoms with E-state index in [9.17, 15) is 14.4 Å². The van der Waals surface area contributed by atoms with E-state index in [1.165, 1.54) is 0 Å². The van der Waals surface area contributed by atoms with Crippen LogP contribution in [0.2, 0.25) is 0 Å². The Balaban J connectivity index is 5.14. The highest BCUT2D eigenvalue weighted by atomic mass is 35.5. The van der Waals surface area contributed by atoms with Crippen molar-refractivity contribution < 1.29 is 18.9 Å². The first-order valence-electron chi connectivity index (χ1n) is 7.70. The minimum Gasteiger partial charge on any atom is -0.303 e. The van der Waals surface area contributed by atoms with Gasteiger partial charge in [-0.15, -0.1) is 46.4 Å². The molecule has 0 fully saturated rings. The first-order chi connectivity index (χ1) is 10.5. The summed E-state index contributed by atoms with van der Waals surface area (Å²) < 4.78 is 16.6. The van der Waals surface area contributed by atoms with Crippen molar-refractivity contribution in [1.29, 1.82) is 0 Å². The second-order valence-corrected chi connectivity index (χ2v) is 9.33. The Morgan fingerprint density at radius 3 is 1.87 bits per heavy atom. The van der Waals surface area contributed by atoms with Crippen molar-refractivity contribution in [2.45, 2.75) is 68.7 Å². The van der Waals surface area contributed by atoms with Gasteiger partial charge in [0.15, 0.2) is 0 Å². The number of phosphoric ester groups is 1. The Hall–Kier alpha value is 1.27. The van der Waals surface area contributed by atoms with Crippen LogP contribution in [0.5, 0.6) is 0 Å². The van der Waals surface area contributed by atoms with Crippen molar-refractivity contribution in [3.8, 4) is 0 Å². The Labute approximate surface area is 159 Å². The normalized spacial score (nSPS) is 18.0. The number of phosphoric acid groups is 1. The first kappa shape index (κ1) is 24.3. The lowest BCUT2D eigenvalue weighted by Gasteiger charge is -2.36. The highest BCUT2D eigenvalue weighted by Crippen LogP contribution is 2.48. The molecule has 0 aromatic rings. The zero-order valence-electron chi connectivity index (χ0n) is 13.6. The molecular weight excluding hydrogens is 405 g/mol. The van der Waals surface area contributed by atoms with Crippen LogP contribution >= 0.6 is 54.2 Å². The highest BCUT2D eigenvalue weighted by molar-refractivity contribution is 7.46. The molecule has 140 valence electrons. The van der Waals surface area contributed by atoms with Gasteiger partial charge < -0.3 is 9.79 Å². The molecule has 2 atom stereocenters. The van der Waals surface area contributed by atoms with Gasteiger partial charge in [-0.05, 0) is 25.2 Å². The molecule has 23 heavy (non-hydrogen) atoms. The van der Waals surface area contributed by atoms with Gasteiger partial charge in [0.25, 0.3) is 0 Å². The lowest BCUT2D eigenvalue weighted by molar-refractivity contribution is 0.0101. The Morgan fingerprint density at radius 1 is 1.04 bits per heavy atom. The van der Waals surface area contributed by atoms with Gasteiger partial charge in [-0.25, -0.2) is 4.57 Å². The standard InChI is InChI=1S/C14H27Cl4O4P/c1-11(2)5-3-4-6-14(7-12(17)9-15,8-13(18)10-16)22-23(19,20)21/h11-13H,3-10H2,1-2H3,(H2,19,20,21). The molecule has 2 N–H and O–H groups in total. The van der Waals surface area contributed by atoms with Crippen molar-refractivity contribution in [1.82, 2.24) is 0 Å². The molecule has 0 spiro atoms. The number of hydrogen-bond acceptors (Lipinski definition) is 2. The van der Waals surface area contributed by atoms with Crippen molar-refractivity contribution in [2.75, 3.05) is 11.8 Å². The zero-order chi connectivity index (χ0) is 18.1. The lowest BCUT2D eigenvalue weighted by Crippen LogP contribution is -2.38. The van der Waals surface area contributed by atoms with Gasteiger partial charge >= 0.3 is 7.82 Å². The van der Waals surface area contributed by atoms with Crippen LogP contribution in [-0.4, -0.2) is 37.9 Å². The summed E-state index contributed by atoms with van der Waals surface area (Å²) in [4.78, 5) is 18.6. The minimum atomic E-state index is -4.69. The SMILES string of the molecule is CC(C)CCCCC(CC(Cl)CCl)(CC(Cl)CCl)OP(=O)(O)O. The number of hydrogen-bond donors (Lipinski definition) is 2. The molecule has 0 bridgehead atoms. The molecular formula is C14H27Cl4O4P. The van der Waals surface area contributed by atoms with E-state index in [0.717, 1.165) is 19.3 Å². The van der Waals surface area contributed by atoms with Crippen LogP contribution in [0.25, 0.3) is 0 Å². The van der Waals surface area contributed by atoms with E-state index in [-0.39, 0.29) is 24.6 Å². The average Bonchev–Trinajstić information content (AvgIpc) is 2.41. The van der Waals surface area contributed by atoms with Crippen LogP contribution in [-0.2, 0) is 9.09 Å². The van der Waals surface area contributed by atoms with E-state index in [1.54, 1.807) is 0 Å². The second kappa shape index (κ2) is 11.8.